The predicted octanol–water partition coefficient (Wildman–Crippen LogP) is 2.09. The normalized spacial score (nSPS) is 10.4. The Hall–Kier alpha value is -2.61. The van der Waals surface area contributed by atoms with Gasteiger partial charge in [0.2, 0.25) is 5.91 Å². The first-order valence-electron chi connectivity index (χ1n) is 7.63. The molecule has 0 aliphatic carbocycles. The lowest BCUT2D eigenvalue weighted by Crippen LogP contribution is -2.18. The summed E-state index contributed by atoms with van der Waals surface area (Å²) in [6, 6.07) is 6.34. The first kappa shape index (κ1) is 18.7. The molecular formula is C17H19N3O4S. The van der Waals surface area contributed by atoms with Crippen molar-refractivity contribution in [2.24, 2.45) is 0 Å². The van der Waals surface area contributed by atoms with Crippen molar-refractivity contribution in [1.82, 2.24) is 9.55 Å². The van der Waals surface area contributed by atoms with Crippen LogP contribution in [0.5, 0.6) is 0 Å². The van der Waals surface area contributed by atoms with Crippen LogP contribution in [0.1, 0.15) is 22.8 Å². The van der Waals surface area contributed by atoms with Crippen LogP contribution in [-0.2, 0) is 16.1 Å². The van der Waals surface area contributed by atoms with Crippen molar-refractivity contribution in [3.63, 3.8) is 0 Å². The number of nitrogens with zero attached hydrogens (tertiary/aromatic N) is 2. The topological polar surface area (TPSA) is 90.3 Å². The smallest absolute Gasteiger partial charge is 0.337 e. The number of hydrogen-bond acceptors (Lipinski definition) is 6. The van der Waals surface area contributed by atoms with Crippen LogP contribution in [0.3, 0.4) is 0 Å². The lowest BCUT2D eigenvalue weighted by Gasteiger charge is -2.11. The van der Waals surface area contributed by atoms with Gasteiger partial charge in [0, 0.05) is 24.5 Å². The number of benzene rings is 1. The summed E-state index contributed by atoms with van der Waals surface area (Å²) in [5.41, 5.74) is 1.39. The largest absolute Gasteiger partial charge is 0.465 e. The van der Waals surface area contributed by atoms with E-state index in [1.54, 1.807) is 29.0 Å². The molecule has 0 radical (unpaired) electrons. The van der Waals surface area contributed by atoms with E-state index in [0.29, 0.717) is 23.0 Å². The fraction of sp³-hybridized carbons (Fsp3) is 0.294. The maximum atomic E-state index is 12.2. The molecule has 1 N–H and O–H groups in total. The van der Waals surface area contributed by atoms with Gasteiger partial charge in [0.1, 0.15) is 0 Å². The third-order valence-electron chi connectivity index (χ3n) is 3.45. The molecule has 1 amide bonds. The van der Waals surface area contributed by atoms with Gasteiger partial charge in [-0.1, -0.05) is 17.8 Å². The Balaban J connectivity index is 2.07. The Kier molecular flexibility index (Phi) is 6.35. The first-order valence-corrected chi connectivity index (χ1v) is 8.62. The molecule has 0 spiro atoms. The number of carbonyl (C=O) groups excluding carboxylic acids is 2. The molecule has 2 aromatic rings. The number of methoxy groups -OCH3 is 1. The zero-order valence-corrected chi connectivity index (χ0v) is 15.1. The number of nitrogens with one attached hydrogen (secondary N) is 1. The number of rotatable bonds is 6. The van der Waals surface area contributed by atoms with E-state index in [9.17, 15) is 14.4 Å². The minimum Gasteiger partial charge on any atom is -0.465 e. The minimum atomic E-state index is -0.467. The highest BCUT2D eigenvalue weighted by Gasteiger charge is 2.12. The van der Waals surface area contributed by atoms with Crippen molar-refractivity contribution in [1.29, 1.82) is 0 Å². The molecule has 1 heterocycles. The first-order chi connectivity index (χ1) is 11.9. The molecule has 2 rings (SSSR count). The minimum absolute atomic E-state index is 0.0956. The highest BCUT2D eigenvalue weighted by Crippen LogP contribution is 2.19. The Morgan fingerprint density at radius 1 is 1.32 bits per heavy atom. The van der Waals surface area contributed by atoms with Gasteiger partial charge in [-0.15, -0.1) is 0 Å². The fourth-order valence-electron chi connectivity index (χ4n) is 2.09. The molecule has 1 aromatic carbocycles. The van der Waals surface area contributed by atoms with Gasteiger partial charge in [-0.25, -0.2) is 4.79 Å². The lowest BCUT2D eigenvalue weighted by atomic mass is 10.1. The number of amides is 1. The quantitative estimate of drug-likeness (QED) is 0.481. The van der Waals surface area contributed by atoms with Gasteiger partial charge in [-0.2, -0.15) is 4.98 Å². The van der Waals surface area contributed by atoms with Gasteiger partial charge in [-0.05, 0) is 31.5 Å². The number of aromatic nitrogens is 2. The lowest BCUT2D eigenvalue weighted by molar-refractivity contribution is -0.113. The van der Waals surface area contributed by atoms with E-state index in [0.717, 1.165) is 5.56 Å². The molecule has 0 saturated heterocycles. The highest BCUT2D eigenvalue weighted by atomic mass is 32.2. The van der Waals surface area contributed by atoms with E-state index < -0.39 is 5.97 Å². The van der Waals surface area contributed by atoms with E-state index in [4.69, 9.17) is 0 Å². The van der Waals surface area contributed by atoms with Crippen LogP contribution in [0.15, 0.2) is 40.4 Å². The average molecular weight is 361 g/mol. The maximum absolute atomic E-state index is 12.2. The molecule has 132 valence electrons. The van der Waals surface area contributed by atoms with Gasteiger partial charge >= 0.3 is 5.97 Å². The van der Waals surface area contributed by atoms with Crippen LogP contribution in [0, 0.1) is 6.92 Å². The summed E-state index contributed by atoms with van der Waals surface area (Å²) < 4.78 is 6.48. The maximum Gasteiger partial charge on any atom is 0.337 e. The summed E-state index contributed by atoms with van der Waals surface area (Å²) >= 11 is 1.18. The van der Waals surface area contributed by atoms with Crippen molar-refractivity contribution < 1.29 is 14.3 Å². The Morgan fingerprint density at radius 3 is 2.76 bits per heavy atom. The van der Waals surface area contributed by atoms with Gasteiger partial charge in [-0.3, -0.25) is 9.59 Å². The molecule has 8 heteroatoms. The van der Waals surface area contributed by atoms with Crippen LogP contribution in [0.4, 0.5) is 5.69 Å². The van der Waals surface area contributed by atoms with E-state index in [2.05, 4.69) is 15.0 Å². The zero-order chi connectivity index (χ0) is 18.4. The number of esters is 1. The third kappa shape index (κ3) is 4.93. The summed E-state index contributed by atoms with van der Waals surface area (Å²) in [5.74, 6) is -0.626. The Morgan fingerprint density at radius 2 is 2.08 bits per heavy atom. The van der Waals surface area contributed by atoms with Crippen molar-refractivity contribution >= 4 is 29.3 Å². The summed E-state index contributed by atoms with van der Waals surface area (Å²) in [6.45, 7) is 4.41. The van der Waals surface area contributed by atoms with E-state index in [1.807, 2.05) is 13.8 Å². The second kappa shape index (κ2) is 8.48. The highest BCUT2D eigenvalue weighted by molar-refractivity contribution is 7.99. The van der Waals surface area contributed by atoms with Crippen molar-refractivity contribution in [3.05, 3.63) is 51.9 Å². The second-order valence-corrected chi connectivity index (χ2v) is 6.14. The van der Waals surface area contributed by atoms with Crippen LogP contribution < -0.4 is 10.9 Å². The molecular weight excluding hydrogens is 342 g/mol. The number of ether oxygens (including phenoxy) is 1. The number of anilines is 1. The van der Waals surface area contributed by atoms with Crippen LogP contribution >= 0.6 is 11.8 Å². The number of thioether (sulfide) groups is 1. The molecule has 0 fully saturated rings. The van der Waals surface area contributed by atoms with E-state index >= 15 is 0 Å². The molecule has 25 heavy (non-hydrogen) atoms. The van der Waals surface area contributed by atoms with Gasteiger partial charge < -0.3 is 14.6 Å². The van der Waals surface area contributed by atoms with Crippen molar-refractivity contribution in [2.45, 2.75) is 25.5 Å². The standard InChI is InChI=1S/C17H19N3O4S/c1-4-20-8-7-14(21)19-17(20)25-10-15(22)18-13-9-12(16(23)24-3)6-5-11(13)2/h5-9H,4,10H2,1-3H3,(H,18,22). The Labute approximate surface area is 149 Å². The van der Waals surface area contributed by atoms with Gasteiger partial charge in [0.25, 0.3) is 5.56 Å². The van der Waals surface area contributed by atoms with Crippen molar-refractivity contribution in [2.75, 3.05) is 18.2 Å². The van der Waals surface area contributed by atoms with Crippen LogP contribution in [0.2, 0.25) is 0 Å². The predicted molar refractivity (Wildman–Crippen MR) is 96.0 cm³/mol. The molecule has 0 saturated carbocycles. The molecule has 0 atom stereocenters. The molecule has 1 aromatic heterocycles. The summed E-state index contributed by atoms with van der Waals surface area (Å²) in [4.78, 5) is 39.1. The molecule has 0 unspecified atom stereocenters. The Bertz CT molecular complexity index is 848. The average Bonchev–Trinajstić information content (AvgIpc) is 2.61. The van der Waals surface area contributed by atoms with E-state index in [-0.39, 0.29) is 17.2 Å². The van der Waals surface area contributed by atoms with Gasteiger partial charge in [0.05, 0.1) is 18.4 Å². The molecule has 7 nitrogen and oxygen atoms in total. The van der Waals surface area contributed by atoms with E-state index in [1.165, 1.54) is 24.9 Å². The van der Waals surface area contributed by atoms with Gasteiger partial charge in [0.15, 0.2) is 5.16 Å². The molecule has 0 aliphatic heterocycles. The monoisotopic (exact) mass is 361 g/mol. The molecule has 0 aliphatic rings. The van der Waals surface area contributed by atoms with Crippen molar-refractivity contribution in [3.8, 4) is 0 Å². The van der Waals surface area contributed by atoms with Crippen LogP contribution in [-0.4, -0.2) is 34.3 Å². The SMILES string of the molecule is CCn1ccc(=O)nc1SCC(=O)Nc1cc(C(=O)OC)ccc1C. The zero-order valence-electron chi connectivity index (χ0n) is 14.2. The molecule has 0 bridgehead atoms. The van der Waals surface area contributed by atoms with Crippen LogP contribution in [0.25, 0.3) is 0 Å². The number of hydrogen-bond donors (Lipinski definition) is 1. The third-order valence-corrected chi connectivity index (χ3v) is 4.44. The summed E-state index contributed by atoms with van der Waals surface area (Å²) in [5, 5.41) is 3.26. The second-order valence-electron chi connectivity index (χ2n) is 5.19. The summed E-state index contributed by atoms with van der Waals surface area (Å²) in [6.07, 6.45) is 1.65. The number of aryl methyl sites for hydroxylation is 2. The fourth-order valence-corrected chi connectivity index (χ4v) is 2.93. The number of carbonyl (C=O) groups is 2. The summed E-state index contributed by atoms with van der Waals surface area (Å²) in [7, 11) is 1.30.